The molecule has 0 aliphatic carbocycles. The van der Waals surface area contributed by atoms with E-state index in [9.17, 15) is 13.2 Å². The number of methoxy groups -OCH3 is 1. The van der Waals surface area contributed by atoms with E-state index in [0.29, 0.717) is 16.9 Å². The Hall–Kier alpha value is -2.68. The van der Waals surface area contributed by atoms with Crippen LogP contribution in [0.1, 0.15) is 5.56 Å². The van der Waals surface area contributed by atoms with Crippen LogP contribution in [0.25, 0.3) is 11.1 Å². The van der Waals surface area contributed by atoms with Crippen molar-refractivity contribution in [3.63, 3.8) is 0 Å². The number of rotatable bonds is 3. The zero-order valence-corrected chi connectivity index (χ0v) is 10.9. The molecule has 0 heterocycles. The topological polar surface area (TPSA) is 42.2 Å². The average molecular weight is 293 g/mol. The van der Waals surface area contributed by atoms with Gasteiger partial charge in [-0.25, -0.2) is 0 Å². The third-order valence-corrected chi connectivity index (χ3v) is 2.75. The SMILES string of the molecule is COc1ccc(-c2cc(OC(F)(F)F)ccc2C#N)cc1. The normalized spacial score (nSPS) is 10.8. The molecule has 0 aliphatic rings. The van der Waals surface area contributed by atoms with E-state index in [1.165, 1.54) is 19.2 Å². The highest BCUT2D eigenvalue weighted by Gasteiger charge is 2.31. The van der Waals surface area contributed by atoms with E-state index in [-0.39, 0.29) is 11.3 Å². The van der Waals surface area contributed by atoms with E-state index in [0.717, 1.165) is 6.07 Å². The number of ether oxygens (including phenoxy) is 2. The van der Waals surface area contributed by atoms with Crippen molar-refractivity contribution in [2.45, 2.75) is 6.36 Å². The molecule has 0 fully saturated rings. The van der Waals surface area contributed by atoms with Crippen LogP contribution < -0.4 is 9.47 Å². The Morgan fingerprint density at radius 3 is 2.14 bits per heavy atom. The van der Waals surface area contributed by atoms with E-state index in [2.05, 4.69) is 4.74 Å². The van der Waals surface area contributed by atoms with Crippen LogP contribution in [0, 0.1) is 11.3 Å². The summed E-state index contributed by atoms with van der Waals surface area (Å²) in [5.41, 5.74) is 1.22. The Kier molecular flexibility index (Phi) is 4.03. The van der Waals surface area contributed by atoms with Crippen molar-refractivity contribution in [3.05, 3.63) is 48.0 Å². The van der Waals surface area contributed by atoms with Gasteiger partial charge in [-0.1, -0.05) is 12.1 Å². The molecule has 108 valence electrons. The minimum Gasteiger partial charge on any atom is -0.497 e. The molecule has 0 spiro atoms. The van der Waals surface area contributed by atoms with Gasteiger partial charge in [0.15, 0.2) is 0 Å². The van der Waals surface area contributed by atoms with Gasteiger partial charge in [-0.2, -0.15) is 5.26 Å². The lowest BCUT2D eigenvalue weighted by Crippen LogP contribution is -2.17. The first-order valence-corrected chi connectivity index (χ1v) is 5.87. The van der Waals surface area contributed by atoms with Crippen LogP contribution in [0.4, 0.5) is 13.2 Å². The number of nitrogens with zero attached hydrogens (tertiary/aromatic N) is 1. The van der Waals surface area contributed by atoms with E-state index in [1.807, 2.05) is 6.07 Å². The first kappa shape index (κ1) is 14.7. The van der Waals surface area contributed by atoms with Gasteiger partial charge in [0.05, 0.1) is 18.7 Å². The van der Waals surface area contributed by atoms with E-state index in [4.69, 9.17) is 10.00 Å². The van der Waals surface area contributed by atoms with E-state index >= 15 is 0 Å². The molecule has 21 heavy (non-hydrogen) atoms. The van der Waals surface area contributed by atoms with Gasteiger partial charge in [0.25, 0.3) is 0 Å². The highest BCUT2D eigenvalue weighted by atomic mass is 19.4. The maximum absolute atomic E-state index is 12.3. The third-order valence-electron chi connectivity index (χ3n) is 2.75. The van der Waals surface area contributed by atoms with Crippen molar-refractivity contribution in [1.29, 1.82) is 5.26 Å². The predicted molar refractivity (Wildman–Crippen MR) is 69.8 cm³/mol. The van der Waals surface area contributed by atoms with Gasteiger partial charge in [-0.15, -0.1) is 13.2 Å². The summed E-state index contributed by atoms with van der Waals surface area (Å²) in [6.07, 6.45) is -4.77. The number of nitriles is 1. The fraction of sp³-hybridized carbons (Fsp3) is 0.133. The maximum Gasteiger partial charge on any atom is 0.573 e. The monoisotopic (exact) mass is 293 g/mol. The van der Waals surface area contributed by atoms with Crippen LogP contribution in [0.15, 0.2) is 42.5 Å². The largest absolute Gasteiger partial charge is 0.573 e. The minimum absolute atomic E-state index is 0.259. The molecule has 0 unspecified atom stereocenters. The molecule has 0 saturated heterocycles. The van der Waals surface area contributed by atoms with Crippen LogP contribution in [0.5, 0.6) is 11.5 Å². The van der Waals surface area contributed by atoms with Crippen LogP contribution in [0.2, 0.25) is 0 Å². The molecule has 0 aliphatic heterocycles. The maximum atomic E-state index is 12.3. The van der Waals surface area contributed by atoms with Gasteiger partial charge in [0, 0.05) is 5.56 Å². The highest BCUT2D eigenvalue weighted by molar-refractivity contribution is 5.72. The van der Waals surface area contributed by atoms with E-state index in [1.54, 1.807) is 24.3 Å². The number of hydrogen-bond donors (Lipinski definition) is 0. The van der Waals surface area contributed by atoms with E-state index < -0.39 is 6.36 Å². The molecule has 0 radical (unpaired) electrons. The summed E-state index contributed by atoms with van der Waals surface area (Å²) in [6.45, 7) is 0. The second-order valence-corrected chi connectivity index (χ2v) is 4.10. The lowest BCUT2D eigenvalue weighted by atomic mass is 10.00. The van der Waals surface area contributed by atoms with Crippen LogP contribution >= 0.6 is 0 Å². The van der Waals surface area contributed by atoms with Gasteiger partial charge in [0.1, 0.15) is 11.5 Å². The quantitative estimate of drug-likeness (QED) is 0.854. The van der Waals surface area contributed by atoms with Crippen LogP contribution in [-0.4, -0.2) is 13.5 Å². The zero-order valence-electron chi connectivity index (χ0n) is 10.9. The third kappa shape index (κ3) is 3.66. The van der Waals surface area contributed by atoms with Gasteiger partial charge in [-0.3, -0.25) is 0 Å². The minimum atomic E-state index is -4.77. The van der Waals surface area contributed by atoms with Crippen molar-refractivity contribution in [2.75, 3.05) is 7.11 Å². The standard InChI is InChI=1S/C15H10F3NO2/c1-20-12-5-2-10(3-6-12)14-8-13(21-15(16,17)18)7-4-11(14)9-19/h2-8H,1H3. The fourth-order valence-electron chi connectivity index (χ4n) is 1.83. The van der Waals surface area contributed by atoms with Crippen LogP contribution in [-0.2, 0) is 0 Å². The number of alkyl halides is 3. The van der Waals surface area contributed by atoms with Gasteiger partial charge >= 0.3 is 6.36 Å². The number of hydrogen-bond acceptors (Lipinski definition) is 3. The highest BCUT2D eigenvalue weighted by Crippen LogP contribution is 2.31. The summed E-state index contributed by atoms with van der Waals surface area (Å²) in [7, 11) is 1.51. The Morgan fingerprint density at radius 1 is 1.00 bits per heavy atom. The summed E-state index contributed by atoms with van der Waals surface area (Å²) in [6, 6.07) is 12.2. The smallest absolute Gasteiger partial charge is 0.497 e. The summed E-state index contributed by atoms with van der Waals surface area (Å²) >= 11 is 0. The molecular formula is C15H10F3NO2. The lowest BCUT2D eigenvalue weighted by molar-refractivity contribution is -0.274. The van der Waals surface area contributed by atoms with Gasteiger partial charge < -0.3 is 9.47 Å². The zero-order chi connectivity index (χ0) is 15.5. The number of benzene rings is 2. The second-order valence-electron chi connectivity index (χ2n) is 4.10. The van der Waals surface area contributed by atoms with Crippen molar-refractivity contribution >= 4 is 0 Å². The fourth-order valence-corrected chi connectivity index (χ4v) is 1.83. The molecule has 2 rings (SSSR count). The van der Waals surface area contributed by atoms with Crippen molar-refractivity contribution in [2.24, 2.45) is 0 Å². The van der Waals surface area contributed by atoms with Crippen molar-refractivity contribution in [1.82, 2.24) is 0 Å². The molecule has 0 amide bonds. The predicted octanol–water partition coefficient (Wildman–Crippen LogP) is 4.13. The number of halogens is 3. The molecule has 0 atom stereocenters. The lowest BCUT2D eigenvalue weighted by Gasteiger charge is -2.11. The first-order valence-electron chi connectivity index (χ1n) is 5.87. The Bertz CT molecular complexity index is 673. The molecule has 0 N–H and O–H groups in total. The van der Waals surface area contributed by atoms with Gasteiger partial charge in [-0.05, 0) is 35.9 Å². The molecule has 2 aromatic rings. The molecule has 0 saturated carbocycles. The molecule has 6 heteroatoms. The summed E-state index contributed by atoms with van der Waals surface area (Å²) < 4.78 is 45.6. The van der Waals surface area contributed by atoms with Crippen LogP contribution in [0.3, 0.4) is 0 Å². The molecule has 3 nitrogen and oxygen atoms in total. The Balaban J connectivity index is 2.44. The van der Waals surface area contributed by atoms with Gasteiger partial charge in [0.2, 0.25) is 0 Å². The summed E-state index contributed by atoms with van der Waals surface area (Å²) in [4.78, 5) is 0. The molecule has 2 aromatic carbocycles. The molecule has 0 aromatic heterocycles. The summed E-state index contributed by atoms with van der Waals surface area (Å²) in [5, 5.41) is 9.07. The molecular weight excluding hydrogens is 283 g/mol. The van der Waals surface area contributed by atoms with Crippen molar-refractivity contribution in [3.8, 4) is 28.7 Å². The average Bonchev–Trinajstić information content (AvgIpc) is 2.45. The second kappa shape index (κ2) is 5.75. The molecule has 0 bridgehead atoms. The first-order chi connectivity index (χ1) is 9.93. The Labute approximate surface area is 119 Å². The summed E-state index contributed by atoms with van der Waals surface area (Å²) in [5.74, 6) is 0.243. The van der Waals surface area contributed by atoms with Crippen molar-refractivity contribution < 1.29 is 22.6 Å². The Morgan fingerprint density at radius 2 is 1.62 bits per heavy atom.